The quantitative estimate of drug-likeness (QED) is 0.270. The number of hydrogen-bond donors (Lipinski definition) is 0. The molecule has 5 rings (SSSR count). The molecule has 6 nitrogen and oxygen atoms in total. The highest BCUT2D eigenvalue weighted by Gasteiger charge is 2.22. The van der Waals surface area contributed by atoms with Gasteiger partial charge in [0.15, 0.2) is 15.5 Å². The molecule has 0 atom stereocenters. The third-order valence-corrected chi connectivity index (χ3v) is 9.32. The molecular formula is C28H28N4O2S2. The maximum atomic E-state index is 12.7. The average molecular weight is 517 g/mol. The molecule has 0 aliphatic carbocycles. The molecule has 4 heterocycles. The molecule has 0 spiro atoms. The number of hydrogen-bond acceptors (Lipinski definition) is 6. The van der Waals surface area contributed by atoms with Crippen LogP contribution in [0.25, 0.3) is 32.9 Å². The van der Waals surface area contributed by atoms with E-state index in [-0.39, 0.29) is 0 Å². The molecule has 0 fully saturated rings. The van der Waals surface area contributed by atoms with Gasteiger partial charge in [-0.2, -0.15) is 0 Å². The first-order valence-corrected chi connectivity index (χ1v) is 14.5. The molecule has 4 aromatic heterocycles. The predicted molar refractivity (Wildman–Crippen MR) is 146 cm³/mol. The van der Waals surface area contributed by atoms with E-state index in [4.69, 9.17) is 15.0 Å². The van der Waals surface area contributed by atoms with Crippen LogP contribution in [0.1, 0.15) is 35.1 Å². The van der Waals surface area contributed by atoms with Gasteiger partial charge < -0.3 is 4.57 Å². The van der Waals surface area contributed by atoms with E-state index in [2.05, 4.69) is 24.5 Å². The van der Waals surface area contributed by atoms with Crippen LogP contribution in [0.15, 0.2) is 58.9 Å². The molecule has 5 aromatic rings. The zero-order valence-electron chi connectivity index (χ0n) is 21.0. The molecule has 184 valence electrons. The monoisotopic (exact) mass is 516 g/mol. The number of thiophene rings is 1. The van der Waals surface area contributed by atoms with Crippen molar-refractivity contribution in [3.63, 3.8) is 0 Å². The van der Waals surface area contributed by atoms with Gasteiger partial charge in [0.1, 0.15) is 15.6 Å². The molecule has 0 saturated heterocycles. The number of nitrogens with zero attached hydrogens (tertiary/aromatic N) is 4. The summed E-state index contributed by atoms with van der Waals surface area (Å²) in [6.45, 7) is 8.78. The Kier molecular flexibility index (Phi) is 6.26. The molecule has 0 bridgehead atoms. The number of aryl methyl sites for hydroxylation is 4. The maximum Gasteiger partial charge on any atom is 0.185 e. The summed E-state index contributed by atoms with van der Waals surface area (Å²) >= 11 is 1.30. The number of aromatic nitrogens is 4. The first kappa shape index (κ1) is 24.3. The molecular weight excluding hydrogens is 488 g/mol. The lowest BCUT2D eigenvalue weighted by Crippen LogP contribution is -2.06. The van der Waals surface area contributed by atoms with E-state index < -0.39 is 9.84 Å². The summed E-state index contributed by atoms with van der Waals surface area (Å²) in [7, 11) is -3.42. The van der Waals surface area contributed by atoms with Crippen molar-refractivity contribution in [3.05, 3.63) is 82.9 Å². The summed E-state index contributed by atoms with van der Waals surface area (Å²) in [6.07, 6.45) is 3.88. The number of imidazole rings is 1. The van der Waals surface area contributed by atoms with Gasteiger partial charge in [0.2, 0.25) is 0 Å². The molecule has 36 heavy (non-hydrogen) atoms. The van der Waals surface area contributed by atoms with Crippen LogP contribution in [0.2, 0.25) is 0 Å². The molecule has 0 aliphatic rings. The number of pyridine rings is 2. The highest BCUT2D eigenvalue weighted by molar-refractivity contribution is 7.93. The lowest BCUT2D eigenvalue weighted by Gasteiger charge is -2.09. The number of rotatable bonds is 6. The Balaban J connectivity index is 1.54. The minimum atomic E-state index is -3.42. The van der Waals surface area contributed by atoms with Gasteiger partial charge >= 0.3 is 0 Å². The highest BCUT2D eigenvalue weighted by Crippen LogP contribution is 2.40. The van der Waals surface area contributed by atoms with E-state index in [0.717, 1.165) is 56.2 Å². The van der Waals surface area contributed by atoms with E-state index in [1.54, 1.807) is 0 Å². The fourth-order valence-electron chi connectivity index (χ4n) is 4.55. The molecule has 1 aromatic carbocycles. The smallest absolute Gasteiger partial charge is 0.185 e. The fraction of sp³-hybridized carbons (Fsp3) is 0.250. The Labute approximate surface area is 215 Å². The van der Waals surface area contributed by atoms with Gasteiger partial charge in [-0.05, 0) is 61.2 Å². The summed E-state index contributed by atoms with van der Waals surface area (Å²) in [5, 5.41) is 0. The Morgan fingerprint density at radius 1 is 0.944 bits per heavy atom. The van der Waals surface area contributed by atoms with Gasteiger partial charge in [0, 0.05) is 35.0 Å². The van der Waals surface area contributed by atoms with Crippen LogP contribution in [0.5, 0.6) is 0 Å². The topological polar surface area (TPSA) is 77.7 Å². The van der Waals surface area contributed by atoms with Gasteiger partial charge in [0.05, 0.1) is 12.2 Å². The standard InChI is InChI=1S/C28H28N4O2S2/c1-6-25-31-26-18(3)13-19(4)30-27(26)32(25)16-20-11-12-23(29-15-20)22-14-24(35-28(22)36(5,33)34)21-10-8-7-9-17(21)2/h7-15H,6,16H2,1-5H3. The second-order valence-corrected chi connectivity index (χ2v) is 12.4. The molecule has 0 aliphatic heterocycles. The van der Waals surface area contributed by atoms with Crippen molar-refractivity contribution in [2.45, 2.75) is 44.9 Å². The zero-order valence-corrected chi connectivity index (χ0v) is 22.7. The van der Waals surface area contributed by atoms with Gasteiger partial charge in [-0.25, -0.2) is 18.4 Å². The first-order chi connectivity index (χ1) is 17.2. The second kappa shape index (κ2) is 9.26. The molecule has 0 N–H and O–H groups in total. The Morgan fingerprint density at radius 3 is 2.39 bits per heavy atom. The van der Waals surface area contributed by atoms with Crippen molar-refractivity contribution < 1.29 is 8.42 Å². The average Bonchev–Trinajstić information content (AvgIpc) is 3.43. The van der Waals surface area contributed by atoms with Gasteiger partial charge in [-0.3, -0.25) is 4.98 Å². The third kappa shape index (κ3) is 4.47. The van der Waals surface area contributed by atoms with Crippen LogP contribution in [0.3, 0.4) is 0 Å². The van der Waals surface area contributed by atoms with E-state index in [1.807, 2.05) is 62.5 Å². The Bertz CT molecular complexity index is 1700. The molecule has 0 amide bonds. The zero-order chi connectivity index (χ0) is 25.6. The van der Waals surface area contributed by atoms with Crippen LogP contribution in [0.4, 0.5) is 0 Å². The number of benzene rings is 1. The first-order valence-electron chi connectivity index (χ1n) is 11.8. The summed E-state index contributed by atoms with van der Waals surface area (Å²) in [6, 6.07) is 15.9. The van der Waals surface area contributed by atoms with Crippen LogP contribution in [-0.2, 0) is 22.8 Å². The van der Waals surface area contributed by atoms with Crippen molar-refractivity contribution in [2.75, 3.05) is 6.26 Å². The van der Waals surface area contributed by atoms with Gasteiger partial charge in [0.25, 0.3) is 0 Å². The van der Waals surface area contributed by atoms with E-state index in [9.17, 15) is 8.42 Å². The van der Waals surface area contributed by atoms with E-state index in [1.165, 1.54) is 17.6 Å². The highest BCUT2D eigenvalue weighted by atomic mass is 32.2. The summed E-state index contributed by atoms with van der Waals surface area (Å²) < 4.78 is 27.8. The van der Waals surface area contributed by atoms with Crippen LogP contribution < -0.4 is 0 Å². The SMILES string of the molecule is CCc1nc2c(C)cc(C)nc2n1Cc1ccc(-c2cc(-c3ccccc3C)sc2S(C)(=O)=O)nc1. The second-order valence-electron chi connectivity index (χ2n) is 9.17. The van der Waals surface area contributed by atoms with Crippen molar-refractivity contribution in [3.8, 4) is 21.7 Å². The van der Waals surface area contributed by atoms with Crippen molar-refractivity contribution in [1.29, 1.82) is 0 Å². The van der Waals surface area contributed by atoms with Crippen molar-refractivity contribution in [1.82, 2.24) is 19.5 Å². The fourth-order valence-corrected chi connectivity index (χ4v) is 6.98. The van der Waals surface area contributed by atoms with Crippen LogP contribution >= 0.6 is 11.3 Å². The molecule has 8 heteroatoms. The lowest BCUT2D eigenvalue weighted by molar-refractivity contribution is 0.604. The number of fused-ring (bicyclic) bond motifs is 1. The molecule has 0 saturated carbocycles. The van der Waals surface area contributed by atoms with Crippen LogP contribution in [-0.4, -0.2) is 34.2 Å². The maximum absolute atomic E-state index is 12.7. The van der Waals surface area contributed by atoms with Gasteiger partial charge in [-0.1, -0.05) is 37.3 Å². The predicted octanol–water partition coefficient (Wildman–Crippen LogP) is 6.16. The van der Waals surface area contributed by atoms with Crippen molar-refractivity contribution >= 4 is 32.3 Å². The summed E-state index contributed by atoms with van der Waals surface area (Å²) in [5.74, 6) is 0.982. The Hall–Kier alpha value is -3.36. The largest absolute Gasteiger partial charge is 0.308 e. The number of sulfone groups is 1. The minimum absolute atomic E-state index is 0.338. The van der Waals surface area contributed by atoms with E-state index >= 15 is 0 Å². The summed E-state index contributed by atoms with van der Waals surface area (Å²) in [5.41, 5.74) is 8.33. The molecule has 0 radical (unpaired) electrons. The molecule has 0 unspecified atom stereocenters. The Morgan fingerprint density at radius 2 is 1.72 bits per heavy atom. The van der Waals surface area contributed by atoms with Crippen LogP contribution in [0, 0.1) is 20.8 Å². The summed E-state index contributed by atoms with van der Waals surface area (Å²) in [4.78, 5) is 15.2. The van der Waals surface area contributed by atoms with Crippen molar-refractivity contribution in [2.24, 2.45) is 0 Å². The van der Waals surface area contributed by atoms with E-state index in [0.29, 0.717) is 22.0 Å². The minimum Gasteiger partial charge on any atom is -0.308 e. The third-order valence-electron chi connectivity index (χ3n) is 6.30. The van der Waals surface area contributed by atoms with Gasteiger partial charge in [-0.15, -0.1) is 11.3 Å². The normalized spacial score (nSPS) is 11.9. The lowest BCUT2D eigenvalue weighted by atomic mass is 10.1.